The van der Waals surface area contributed by atoms with Gasteiger partial charge in [-0.2, -0.15) is 5.26 Å². The van der Waals surface area contributed by atoms with Crippen LogP contribution < -0.4 is 21.3 Å². The molecule has 1 aromatic heterocycles. The number of fused-ring (bicyclic) bond motifs is 1. The third-order valence-electron chi connectivity index (χ3n) is 6.79. The second-order valence-electron chi connectivity index (χ2n) is 9.24. The molecule has 5 aromatic rings. The number of nitrogens with one attached hydrogen (secondary N) is 1. The van der Waals surface area contributed by atoms with Crippen LogP contribution in [0.2, 0.25) is 0 Å². The summed E-state index contributed by atoms with van der Waals surface area (Å²) in [4.78, 5) is 39.7. The Bertz CT molecular complexity index is 1860. The van der Waals surface area contributed by atoms with Crippen LogP contribution in [0.3, 0.4) is 0 Å². The van der Waals surface area contributed by atoms with Gasteiger partial charge in [0.05, 0.1) is 42.7 Å². The maximum Gasteiger partial charge on any atom is 0.332 e. The lowest BCUT2D eigenvalue weighted by atomic mass is 10.1. The van der Waals surface area contributed by atoms with Crippen LogP contribution in [-0.4, -0.2) is 22.2 Å². The Labute approximate surface area is 230 Å². The molecule has 5 rings (SSSR count). The van der Waals surface area contributed by atoms with E-state index < -0.39 is 11.2 Å². The number of nitriles is 1. The van der Waals surface area contributed by atoms with E-state index in [9.17, 15) is 19.6 Å². The van der Waals surface area contributed by atoms with Crippen molar-refractivity contribution in [3.8, 4) is 11.8 Å². The molecular weight excluding hydrogens is 504 g/mol. The van der Waals surface area contributed by atoms with E-state index in [-0.39, 0.29) is 19.0 Å². The number of methoxy groups -OCH3 is 1. The first-order valence-electron chi connectivity index (χ1n) is 12.7. The second-order valence-corrected chi connectivity index (χ2v) is 9.24. The lowest BCUT2D eigenvalue weighted by Gasteiger charge is -2.15. The van der Waals surface area contributed by atoms with Crippen molar-refractivity contribution >= 4 is 16.8 Å². The van der Waals surface area contributed by atoms with Gasteiger partial charge in [-0.05, 0) is 47.5 Å². The zero-order chi connectivity index (χ0) is 28.1. The van der Waals surface area contributed by atoms with Gasteiger partial charge in [0.1, 0.15) is 5.75 Å². The highest BCUT2D eigenvalue weighted by atomic mass is 16.5. The molecule has 1 amide bonds. The first-order valence-corrected chi connectivity index (χ1v) is 12.7. The molecule has 40 heavy (non-hydrogen) atoms. The summed E-state index contributed by atoms with van der Waals surface area (Å²) in [6, 6.07) is 30.5. The minimum Gasteiger partial charge on any atom is -0.496 e. The van der Waals surface area contributed by atoms with Gasteiger partial charge in [0.2, 0.25) is 0 Å². The monoisotopic (exact) mass is 530 g/mol. The van der Waals surface area contributed by atoms with E-state index in [0.29, 0.717) is 45.5 Å². The summed E-state index contributed by atoms with van der Waals surface area (Å²) in [5, 5.41) is 12.8. The molecular formula is C32H26N4O4. The number of para-hydroxylation sites is 2. The molecule has 8 heteroatoms. The van der Waals surface area contributed by atoms with Gasteiger partial charge in [0.15, 0.2) is 0 Å². The fraction of sp³-hybridized carbons (Fsp3) is 0.125. The topological polar surface area (TPSA) is 106 Å². The summed E-state index contributed by atoms with van der Waals surface area (Å²) >= 11 is 0. The molecule has 1 heterocycles. The molecule has 0 atom stereocenters. The first kappa shape index (κ1) is 26.2. The van der Waals surface area contributed by atoms with Gasteiger partial charge in [-0.25, -0.2) is 4.79 Å². The molecule has 0 aliphatic carbocycles. The van der Waals surface area contributed by atoms with Gasteiger partial charge in [-0.15, -0.1) is 0 Å². The van der Waals surface area contributed by atoms with Crippen LogP contribution in [0.4, 0.5) is 0 Å². The molecule has 0 saturated carbocycles. The predicted octanol–water partition coefficient (Wildman–Crippen LogP) is 4.07. The molecule has 0 aliphatic rings. The molecule has 0 saturated heterocycles. The lowest BCUT2D eigenvalue weighted by Crippen LogP contribution is -2.40. The minimum atomic E-state index is -0.477. The highest BCUT2D eigenvalue weighted by molar-refractivity contribution is 5.94. The van der Waals surface area contributed by atoms with Crippen LogP contribution >= 0.6 is 0 Å². The fourth-order valence-corrected chi connectivity index (χ4v) is 4.67. The van der Waals surface area contributed by atoms with E-state index in [1.807, 2.05) is 30.3 Å². The van der Waals surface area contributed by atoms with E-state index in [1.165, 1.54) is 9.13 Å². The normalized spacial score (nSPS) is 10.7. The summed E-state index contributed by atoms with van der Waals surface area (Å²) in [5.41, 5.74) is 2.79. The quantitative estimate of drug-likeness (QED) is 0.326. The third kappa shape index (κ3) is 5.26. The van der Waals surface area contributed by atoms with Crippen LogP contribution in [0.15, 0.2) is 107 Å². The maximum absolute atomic E-state index is 13.6. The van der Waals surface area contributed by atoms with Crippen molar-refractivity contribution in [1.82, 2.24) is 14.5 Å². The fourth-order valence-electron chi connectivity index (χ4n) is 4.67. The SMILES string of the molecule is COc1ccccc1CNC(=O)c1ccc(Cn2c(=O)c3ccccc3n(Cc3ccccc3C#N)c2=O)cc1. The highest BCUT2D eigenvalue weighted by Crippen LogP contribution is 2.17. The van der Waals surface area contributed by atoms with Gasteiger partial charge in [-0.3, -0.25) is 18.7 Å². The van der Waals surface area contributed by atoms with Crippen molar-refractivity contribution in [2.75, 3.05) is 7.11 Å². The number of ether oxygens (including phenoxy) is 1. The molecule has 0 aliphatic heterocycles. The van der Waals surface area contributed by atoms with Crippen molar-refractivity contribution in [2.45, 2.75) is 19.6 Å². The Balaban J connectivity index is 1.42. The van der Waals surface area contributed by atoms with Gasteiger partial charge in [0, 0.05) is 17.7 Å². The number of benzene rings is 4. The largest absolute Gasteiger partial charge is 0.496 e. The molecule has 0 spiro atoms. The molecule has 0 unspecified atom stereocenters. The number of hydrogen-bond donors (Lipinski definition) is 1. The molecule has 0 bridgehead atoms. The molecule has 8 nitrogen and oxygen atoms in total. The Morgan fingerprint density at radius 3 is 2.25 bits per heavy atom. The number of aromatic nitrogens is 2. The van der Waals surface area contributed by atoms with Crippen molar-refractivity contribution in [2.24, 2.45) is 0 Å². The van der Waals surface area contributed by atoms with Crippen molar-refractivity contribution < 1.29 is 9.53 Å². The van der Waals surface area contributed by atoms with Crippen molar-refractivity contribution in [3.63, 3.8) is 0 Å². The standard InChI is InChI=1S/C32H26N4O4/c1-40-29-13-7-4-9-25(29)19-34-30(37)23-16-14-22(15-17-23)20-36-31(38)27-11-5-6-12-28(27)35(32(36)39)21-26-10-3-2-8-24(26)18-33/h2-17H,19-21H2,1H3,(H,34,37). The Morgan fingerprint density at radius 1 is 0.825 bits per heavy atom. The van der Waals surface area contributed by atoms with Crippen LogP contribution in [0.1, 0.15) is 32.6 Å². The van der Waals surface area contributed by atoms with Crippen molar-refractivity contribution in [3.05, 3.63) is 146 Å². The van der Waals surface area contributed by atoms with E-state index in [2.05, 4.69) is 11.4 Å². The zero-order valence-corrected chi connectivity index (χ0v) is 21.8. The number of carbonyl (C=O) groups excluding carboxylic acids is 1. The number of amides is 1. The van der Waals surface area contributed by atoms with Gasteiger partial charge >= 0.3 is 5.69 Å². The van der Waals surface area contributed by atoms with Crippen LogP contribution in [0.5, 0.6) is 5.75 Å². The van der Waals surface area contributed by atoms with Crippen LogP contribution in [-0.2, 0) is 19.6 Å². The van der Waals surface area contributed by atoms with E-state index >= 15 is 0 Å². The average Bonchev–Trinajstić information content (AvgIpc) is 3.00. The number of carbonyl (C=O) groups is 1. The van der Waals surface area contributed by atoms with E-state index in [4.69, 9.17) is 4.74 Å². The summed E-state index contributed by atoms with van der Waals surface area (Å²) in [5.74, 6) is 0.444. The highest BCUT2D eigenvalue weighted by Gasteiger charge is 2.15. The van der Waals surface area contributed by atoms with E-state index in [0.717, 1.165) is 5.56 Å². The Morgan fingerprint density at radius 2 is 1.50 bits per heavy atom. The van der Waals surface area contributed by atoms with Crippen molar-refractivity contribution in [1.29, 1.82) is 5.26 Å². The summed E-state index contributed by atoms with van der Waals surface area (Å²) in [6.07, 6.45) is 0. The minimum absolute atomic E-state index is 0.0332. The first-order chi connectivity index (χ1) is 19.5. The Hall–Kier alpha value is -5.42. The number of nitrogens with zero attached hydrogens (tertiary/aromatic N) is 3. The van der Waals surface area contributed by atoms with Crippen LogP contribution in [0.25, 0.3) is 10.9 Å². The second kappa shape index (κ2) is 11.5. The van der Waals surface area contributed by atoms with E-state index in [1.54, 1.807) is 73.8 Å². The lowest BCUT2D eigenvalue weighted by molar-refractivity contribution is 0.0950. The molecule has 0 fully saturated rings. The smallest absolute Gasteiger partial charge is 0.332 e. The van der Waals surface area contributed by atoms with Gasteiger partial charge in [-0.1, -0.05) is 60.7 Å². The molecule has 0 radical (unpaired) electrons. The summed E-state index contributed by atoms with van der Waals surface area (Å²) in [6.45, 7) is 0.492. The molecule has 4 aromatic carbocycles. The predicted molar refractivity (Wildman–Crippen MR) is 152 cm³/mol. The van der Waals surface area contributed by atoms with Gasteiger partial charge < -0.3 is 10.1 Å². The number of rotatable bonds is 8. The summed E-state index contributed by atoms with van der Waals surface area (Å²) < 4.78 is 8.04. The average molecular weight is 531 g/mol. The van der Waals surface area contributed by atoms with Gasteiger partial charge in [0.25, 0.3) is 11.5 Å². The maximum atomic E-state index is 13.6. The zero-order valence-electron chi connectivity index (χ0n) is 21.8. The molecule has 198 valence electrons. The van der Waals surface area contributed by atoms with Crippen LogP contribution in [0, 0.1) is 11.3 Å². The number of hydrogen-bond acceptors (Lipinski definition) is 5. The Kier molecular flexibility index (Phi) is 7.56. The third-order valence-corrected chi connectivity index (χ3v) is 6.79. The molecule has 1 N–H and O–H groups in total. The summed E-state index contributed by atoms with van der Waals surface area (Å²) in [7, 11) is 1.58.